The lowest BCUT2D eigenvalue weighted by molar-refractivity contribution is -0.142. The second-order valence-corrected chi connectivity index (χ2v) is 8.77. The highest BCUT2D eigenvalue weighted by atomic mass is 35.5. The molecule has 166 valence electrons. The number of carbonyl (C=O) groups is 2. The SMILES string of the molecule is COC(=O)COc1ccc(/C=N\NC(=O)CN(c2cc(Cl)ccc2C)S(C)(=O)=O)cc1. The molecule has 0 saturated carbocycles. The number of methoxy groups -OCH3 is 1. The van der Waals surface area contributed by atoms with E-state index in [0.29, 0.717) is 27.6 Å². The van der Waals surface area contributed by atoms with Gasteiger partial charge in [-0.3, -0.25) is 9.10 Å². The summed E-state index contributed by atoms with van der Waals surface area (Å²) in [4.78, 5) is 23.3. The molecular formula is C20H22ClN3O6S. The van der Waals surface area contributed by atoms with Crippen LogP contribution in [0.2, 0.25) is 5.02 Å². The van der Waals surface area contributed by atoms with Gasteiger partial charge in [-0.2, -0.15) is 5.10 Å². The third kappa shape index (κ3) is 7.58. The van der Waals surface area contributed by atoms with Crippen molar-refractivity contribution in [2.24, 2.45) is 5.10 Å². The molecule has 0 aliphatic rings. The number of anilines is 1. The van der Waals surface area contributed by atoms with Crippen molar-refractivity contribution in [1.82, 2.24) is 5.43 Å². The molecule has 0 radical (unpaired) electrons. The zero-order chi connectivity index (χ0) is 23.0. The summed E-state index contributed by atoms with van der Waals surface area (Å²) in [6, 6.07) is 11.4. The van der Waals surface area contributed by atoms with Crippen LogP contribution in [-0.2, 0) is 24.3 Å². The Morgan fingerprint density at radius 3 is 2.48 bits per heavy atom. The van der Waals surface area contributed by atoms with E-state index >= 15 is 0 Å². The molecule has 31 heavy (non-hydrogen) atoms. The van der Waals surface area contributed by atoms with E-state index in [-0.39, 0.29) is 6.61 Å². The molecule has 0 saturated heterocycles. The van der Waals surface area contributed by atoms with Crippen molar-refractivity contribution in [3.63, 3.8) is 0 Å². The van der Waals surface area contributed by atoms with Crippen molar-refractivity contribution in [3.8, 4) is 5.75 Å². The lowest BCUT2D eigenvalue weighted by atomic mass is 10.2. The molecule has 2 aromatic carbocycles. The Balaban J connectivity index is 2.00. The molecule has 0 spiro atoms. The van der Waals surface area contributed by atoms with Crippen LogP contribution in [0.1, 0.15) is 11.1 Å². The number of ether oxygens (including phenoxy) is 2. The molecule has 0 atom stereocenters. The third-order valence-corrected chi connectivity index (χ3v) is 5.36. The number of nitrogens with one attached hydrogen (secondary N) is 1. The highest BCUT2D eigenvalue weighted by Crippen LogP contribution is 2.26. The molecule has 0 heterocycles. The van der Waals surface area contributed by atoms with Crippen molar-refractivity contribution in [2.45, 2.75) is 6.92 Å². The highest BCUT2D eigenvalue weighted by molar-refractivity contribution is 7.92. The van der Waals surface area contributed by atoms with Gasteiger partial charge < -0.3 is 9.47 Å². The predicted molar refractivity (Wildman–Crippen MR) is 118 cm³/mol. The van der Waals surface area contributed by atoms with Gasteiger partial charge in [-0.25, -0.2) is 18.6 Å². The minimum Gasteiger partial charge on any atom is -0.482 e. The Kier molecular flexibility index (Phi) is 8.40. The van der Waals surface area contributed by atoms with Crippen LogP contribution in [0, 0.1) is 6.92 Å². The molecule has 0 unspecified atom stereocenters. The van der Waals surface area contributed by atoms with Gasteiger partial charge in [0.15, 0.2) is 6.61 Å². The summed E-state index contributed by atoms with van der Waals surface area (Å²) in [5.74, 6) is -0.657. The second kappa shape index (κ2) is 10.8. The van der Waals surface area contributed by atoms with Gasteiger partial charge in [0.2, 0.25) is 10.0 Å². The average Bonchev–Trinajstić information content (AvgIpc) is 2.72. The van der Waals surface area contributed by atoms with Crippen LogP contribution in [0.3, 0.4) is 0 Å². The van der Waals surface area contributed by atoms with Gasteiger partial charge in [0, 0.05) is 5.02 Å². The Bertz CT molecular complexity index is 1070. The van der Waals surface area contributed by atoms with E-state index in [0.717, 1.165) is 10.6 Å². The molecule has 9 nitrogen and oxygen atoms in total. The molecule has 1 N–H and O–H groups in total. The number of carbonyl (C=O) groups excluding carboxylic acids is 2. The van der Waals surface area contributed by atoms with Gasteiger partial charge in [-0.05, 0) is 54.4 Å². The van der Waals surface area contributed by atoms with Gasteiger partial charge in [0.05, 0.1) is 25.3 Å². The molecule has 2 rings (SSSR count). The Labute approximate surface area is 185 Å². The molecule has 1 amide bonds. The summed E-state index contributed by atoms with van der Waals surface area (Å²) >= 11 is 5.98. The molecule has 0 fully saturated rings. The fraction of sp³-hybridized carbons (Fsp3) is 0.250. The van der Waals surface area contributed by atoms with Gasteiger partial charge in [-0.15, -0.1) is 0 Å². The minimum absolute atomic E-state index is 0.205. The lowest BCUT2D eigenvalue weighted by Gasteiger charge is -2.23. The Morgan fingerprint density at radius 1 is 1.19 bits per heavy atom. The molecule has 0 bridgehead atoms. The smallest absolute Gasteiger partial charge is 0.343 e. The maximum absolute atomic E-state index is 12.3. The number of sulfonamides is 1. The predicted octanol–water partition coefficient (Wildman–Crippen LogP) is 2.12. The number of aryl methyl sites for hydroxylation is 1. The monoisotopic (exact) mass is 467 g/mol. The van der Waals surface area contributed by atoms with E-state index in [1.165, 1.54) is 19.4 Å². The van der Waals surface area contributed by atoms with Crippen LogP contribution >= 0.6 is 11.6 Å². The van der Waals surface area contributed by atoms with E-state index in [1.54, 1.807) is 43.3 Å². The van der Waals surface area contributed by atoms with Crippen molar-refractivity contribution in [2.75, 3.05) is 30.8 Å². The second-order valence-electron chi connectivity index (χ2n) is 6.43. The first-order valence-electron chi connectivity index (χ1n) is 8.95. The third-order valence-electron chi connectivity index (χ3n) is 3.99. The summed E-state index contributed by atoms with van der Waals surface area (Å²) < 4.78 is 35.1. The first-order valence-corrected chi connectivity index (χ1v) is 11.2. The normalized spacial score (nSPS) is 11.2. The molecule has 0 aliphatic carbocycles. The summed E-state index contributed by atoms with van der Waals surface area (Å²) in [6.45, 7) is 1.05. The van der Waals surface area contributed by atoms with E-state index in [9.17, 15) is 18.0 Å². The number of hydrogen-bond donors (Lipinski definition) is 1. The zero-order valence-electron chi connectivity index (χ0n) is 17.2. The minimum atomic E-state index is -3.73. The Hall–Kier alpha value is -3.11. The summed E-state index contributed by atoms with van der Waals surface area (Å²) in [6.07, 6.45) is 2.39. The summed E-state index contributed by atoms with van der Waals surface area (Å²) in [5, 5.41) is 4.19. The van der Waals surface area contributed by atoms with Crippen LogP contribution < -0.4 is 14.5 Å². The van der Waals surface area contributed by atoms with E-state index < -0.39 is 28.4 Å². The fourth-order valence-corrected chi connectivity index (χ4v) is 3.50. The maximum Gasteiger partial charge on any atom is 0.343 e. The largest absolute Gasteiger partial charge is 0.482 e. The van der Waals surface area contributed by atoms with Crippen molar-refractivity contribution in [1.29, 1.82) is 0 Å². The standard InChI is InChI=1S/C20H22ClN3O6S/c1-14-4-7-16(21)10-18(14)24(31(3,27)28)12-19(25)23-22-11-15-5-8-17(9-6-15)30-13-20(26)29-2/h4-11H,12-13H2,1-3H3,(H,23,25)/b22-11-. The van der Waals surface area contributed by atoms with Crippen molar-refractivity contribution < 1.29 is 27.5 Å². The quantitative estimate of drug-likeness (QED) is 0.343. The van der Waals surface area contributed by atoms with Gasteiger partial charge >= 0.3 is 5.97 Å². The highest BCUT2D eigenvalue weighted by Gasteiger charge is 2.22. The number of hydrazone groups is 1. The zero-order valence-corrected chi connectivity index (χ0v) is 18.7. The van der Waals surface area contributed by atoms with Crippen LogP contribution in [0.15, 0.2) is 47.6 Å². The number of amides is 1. The van der Waals surface area contributed by atoms with Gasteiger partial charge in [-0.1, -0.05) is 17.7 Å². The number of nitrogens with zero attached hydrogens (tertiary/aromatic N) is 2. The van der Waals surface area contributed by atoms with Crippen LogP contribution in [-0.4, -0.2) is 53.0 Å². The number of halogens is 1. The number of hydrogen-bond acceptors (Lipinski definition) is 7. The molecule has 0 aliphatic heterocycles. The van der Waals surface area contributed by atoms with Gasteiger partial charge in [0.1, 0.15) is 12.3 Å². The Morgan fingerprint density at radius 2 is 1.87 bits per heavy atom. The van der Waals surface area contributed by atoms with Crippen LogP contribution in [0.4, 0.5) is 5.69 Å². The number of rotatable bonds is 9. The van der Waals surface area contributed by atoms with Crippen molar-refractivity contribution >= 4 is 45.4 Å². The van der Waals surface area contributed by atoms with Crippen LogP contribution in [0.25, 0.3) is 0 Å². The molecular weight excluding hydrogens is 446 g/mol. The summed E-state index contributed by atoms with van der Waals surface area (Å²) in [7, 11) is -2.46. The molecule has 2 aromatic rings. The first-order chi connectivity index (χ1) is 14.6. The van der Waals surface area contributed by atoms with E-state index in [2.05, 4.69) is 15.3 Å². The molecule has 11 heteroatoms. The average molecular weight is 468 g/mol. The van der Waals surface area contributed by atoms with E-state index in [4.69, 9.17) is 16.3 Å². The van der Waals surface area contributed by atoms with Gasteiger partial charge in [0.25, 0.3) is 5.91 Å². The fourth-order valence-electron chi connectivity index (χ4n) is 2.43. The summed E-state index contributed by atoms with van der Waals surface area (Å²) in [5.41, 5.74) is 3.92. The van der Waals surface area contributed by atoms with Crippen LogP contribution in [0.5, 0.6) is 5.75 Å². The molecule has 0 aromatic heterocycles. The van der Waals surface area contributed by atoms with E-state index in [1.807, 2.05) is 0 Å². The number of benzene rings is 2. The first kappa shape index (κ1) is 24.2. The maximum atomic E-state index is 12.3. The lowest BCUT2D eigenvalue weighted by Crippen LogP contribution is -2.39. The number of esters is 1. The topological polar surface area (TPSA) is 114 Å². The van der Waals surface area contributed by atoms with Crippen molar-refractivity contribution in [3.05, 3.63) is 58.6 Å².